The molecule has 2 nitrogen and oxygen atoms in total. The molecule has 1 unspecified atom stereocenters. The first kappa shape index (κ1) is 13.4. The van der Waals surface area contributed by atoms with Crippen molar-refractivity contribution in [2.24, 2.45) is 11.3 Å². The van der Waals surface area contributed by atoms with Gasteiger partial charge < -0.3 is 10.1 Å². The molecule has 1 atom stereocenters. The van der Waals surface area contributed by atoms with Crippen LogP contribution in [0.1, 0.15) is 59.8 Å². The van der Waals surface area contributed by atoms with E-state index in [9.17, 15) is 0 Å². The van der Waals surface area contributed by atoms with Crippen LogP contribution in [-0.4, -0.2) is 24.8 Å². The van der Waals surface area contributed by atoms with E-state index in [2.05, 4.69) is 33.0 Å². The lowest BCUT2D eigenvalue weighted by Gasteiger charge is -2.48. The van der Waals surface area contributed by atoms with Crippen molar-refractivity contribution in [2.75, 3.05) is 13.1 Å². The van der Waals surface area contributed by atoms with Crippen LogP contribution in [-0.2, 0) is 4.74 Å². The molecule has 1 aliphatic heterocycles. The molecular weight excluding hydrogens is 210 g/mol. The summed E-state index contributed by atoms with van der Waals surface area (Å²) in [5.74, 6) is 0.874. The zero-order valence-electron chi connectivity index (χ0n) is 12.0. The molecule has 17 heavy (non-hydrogen) atoms. The van der Waals surface area contributed by atoms with E-state index in [1.807, 2.05) is 0 Å². The molecule has 0 radical (unpaired) electrons. The lowest BCUT2D eigenvalue weighted by atomic mass is 9.68. The van der Waals surface area contributed by atoms with Crippen LogP contribution in [0.2, 0.25) is 0 Å². The first-order chi connectivity index (χ1) is 7.95. The molecule has 1 saturated heterocycles. The number of hydrogen-bond donors (Lipinski definition) is 1. The van der Waals surface area contributed by atoms with Crippen molar-refractivity contribution in [3.05, 3.63) is 0 Å². The van der Waals surface area contributed by atoms with Gasteiger partial charge in [-0.3, -0.25) is 0 Å². The molecule has 1 heterocycles. The van der Waals surface area contributed by atoms with Gasteiger partial charge in [0.25, 0.3) is 0 Å². The quantitative estimate of drug-likeness (QED) is 0.757. The number of nitrogens with one attached hydrogen (secondary N) is 1. The Hall–Kier alpha value is -0.0800. The Morgan fingerprint density at radius 3 is 2.41 bits per heavy atom. The van der Waals surface area contributed by atoms with Crippen LogP contribution in [0.5, 0.6) is 0 Å². The number of rotatable bonds is 1. The highest BCUT2D eigenvalue weighted by Crippen LogP contribution is 2.43. The fourth-order valence-corrected chi connectivity index (χ4v) is 3.43. The Morgan fingerprint density at radius 1 is 1.24 bits per heavy atom. The smallest absolute Gasteiger partial charge is 0.0810 e. The van der Waals surface area contributed by atoms with E-state index in [0.29, 0.717) is 11.5 Å². The summed E-state index contributed by atoms with van der Waals surface area (Å²) in [5.41, 5.74) is 0.633. The molecule has 0 amide bonds. The molecule has 100 valence electrons. The summed E-state index contributed by atoms with van der Waals surface area (Å²) in [4.78, 5) is 0. The summed E-state index contributed by atoms with van der Waals surface area (Å²) in [7, 11) is 0. The van der Waals surface area contributed by atoms with E-state index in [0.717, 1.165) is 25.4 Å². The van der Waals surface area contributed by atoms with Gasteiger partial charge in [-0.2, -0.15) is 0 Å². The van der Waals surface area contributed by atoms with Gasteiger partial charge in [-0.05, 0) is 43.4 Å². The normalized spacial score (nSPS) is 39.5. The third-order valence-corrected chi connectivity index (χ3v) is 4.81. The molecule has 2 fully saturated rings. The predicted octanol–water partition coefficient (Wildman–Crippen LogP) is 3.36. The molecule has 0 aromatic heterocycles. The second-order valence-electron chi connectivity index (χ2n) is 7.10. The fraction of sp³-hybridized carbons (Fsp3) is 1.00. The molecule has 2 aliphatic rings. The van der Waals surface area contributed by atoms with Gasteiger partial charge in [0, 0.05) is 13.1 Å². The van der Waals surface area contributed by atoms with Crippen molar-refractivity contribution in [2.45, 2.75) is 71.5 Å². The van der Waals surface area contributed by atoms with E-state index in [1.54, 1.807) is 0 Å². The van der Waals surface area contributed by atoms with Crippen LogP contribution in [0.4, 0.5) is 0 Å². The van der Waals surface area contributed by atoms with Gasteiger partial charge in [0.15, 0.2) is 0 Å². The maximum absolute atomic E-state index is 6.36. The van der Waals surface area contributed by atoms with Crippen molar-refractivity contribution in [1.82, 2.24) is 5.32 Å². The zero-order valence-corrected chi connectivity index (χ0v) is 12.0. The van der Waals surface area contributed by atoms with Crippen LogP contribution in [0.25, 0.3) is 0 Å². The number of hydrogen-bond acceptors (Lipinski definition) is 2. The first-order valence-corrected chi connectivity index (χ1v) is 7.34. The lowest BCUT2D eigenvalue weighted by Crippen LogP contribution is -2.55. The van der Waals surface area contributed by atoms with Crippen LogP contribution < -0.4 is 5.32 Å². The zero-order chi connectivity index (χ0) is 12.5. The maximum atomic E-state index is 6.36. The standard InChI is InChI=1S/C15H29NO/c1-5-13-10-16-11-15(17-13)8-6-12(7-9-15)14(2,3)4/h12-13,16H,5-11H2,1-4H3. The van der Waals surface area contributed by atoms with Gasteiger partial charge in [0.2, 0.25) is 0 Å². The van der Waals surface area contributed by atoms with Crippen molar-refractivity contribution in [3.8, 4) is 0 Å². The van der Waals surface area contributed by atoms with Gasteiger partial charge in [-0.1, -0.05) is 27.7 Å². The second kappa shape index (κ2) is 4.89. The Labute approximate surface area is 107 Å². The molecule has 2 heteroatoms. The minimum atomic E-state index is 0.167. The SMILES string of the molecule is CCC1CNCC2(CCC(C(C)(C)C)CC2)O1. The van der Waals surface area contributed by atoms with E-state index in [4.69, 9.17) is 4.74 Å². The summed E-state index contributed by atoms with van der Waals surface area (Å²) in [6.45, 7) is 11.5. The van der Waals surface area contributed by atoms with Crippen molar-refractivity contribution < 1.29 is 4.74 Å². The number of ether oxygens (including phenoxy) is 1. The van der Waals surface area contributed by atoms with Crippen molar-refractivity contribution in [3.63, 3.8) is 0 Å². The molecule has 0 bridgehead atoms. The largest absolute Gasteiger partial charge is 0.369 e. The van der Waals surface area contributed by atoms with E-state index in [1.165, 1.54) is 25.7 Å². The van der Waals surface area contributed by atoms with E-state index < -0.39 is 0 Å². The van der Waals surface area contributed by atoms with Gasteiger partial charge >= 0.3 is 0 Å². The van der Waals surface area contributed by atoms with Crippen LogP contribution in [0.15, 0.2) is 0 Å². The lowest BCUT2D eigenvalue weighted by molar-refractivity contribution is -0.143. The molecule has 1 saturated carbocycles. The third kappa shape index (κ3) is 3.03. The molecule has 1 spiro atoms. The Morgan fingerprint density at radius 2 is 1.88 bits per heavy atom. The molecular formula is C15H29NO. The average Bonchev–Trinajstić information content (AvgIpc) is 2.28. The predicted molar refractivity (Wildman–Crippen MR) is 72.2 cm³/mol. The fourth-order valence-electron chi connectivity index (χ4n) is 3.43. The highest BCUT2D eigenvalue weighted by Gasteiger charge is 2.42. The Balaban J connectivity index is 1.93. The first-order valence-electron chi connectivity index (χ1n) is 7.34. The summed E-state index contributed by atoms with van der Waals surface area (Å²) >= 11 is 0. The van der Waals surface area contributed by atoms with Crippen LogP contribution >= 0.6 is 0 Å². The molecule has 2 rings (SSSR count). The summed E-state index contributed by atoms with van der Waals surface area (Å²) in [6, 6.07) is 0. The summed E-state index contributed by atoms with van der Waals surface area (Å²) in [5, 5.41) is 3.57. The topological polar surface area (TPSA) is 21.3 Å². The highest BCUT2D eigenvalue weighted by molar-refractivity contribution is 4.95. The molecule has 1 N–H and O–H groups in total. The average molecular weight is 239 g/mol. The highest BCUT2D eigenvalue weighted by atomic mass is 16.5. The third-order valence-electron chi connectivity index (χ3n) is 4.81. The van der Waals surface area contributed by atoms with Gasteiger partial charge in [0.1, 0.15) is 0 Å². The van der Waals surface area contributed by atoms with Crippen LogP contribution in [0.3, 0.4) is 0 Å². The van der Waals surface area contributed by atoms with Crippen LogP contribution in [0, 0.1) is 11.3 Å². The molecule has 0 aromatic carbocycles. The van der Waals surface area contributed by atoms with Gasteiger partial charge in [-0.25, -0.2) is 0 Å². The van der Waals surface area contributed by atoms with Crippen molar-refractivity contribution >= 4 is 0 Å². The summed E-state index contributed by atoms with van der Waals surface area (Å²) in [6.07, 6.45) is 6.74. The second-order valence-corrected chi connectivity index (χ2v) is 7.10. The van der Waals surface area contributed by atoms with E-state index >= 15 is 0 Å². The van der Waals surface area contributed by atoms with Gasteiger partial charge in [-0.15, -0.1) is 0 Å². The van der Waals surface area contributed by atoms with Crippen molar-refractivity contribution in [1.29, 1.82) is 0 Å². The maximum Gasteiger partial charge on any atom is 0.0810 e. The Bertz CT molecular complexity index is 248. The minimum Gasteiger partial charge on any atom is -0.369 e. The molecule has 0 aromatic rings. The summed E-state index contributed by atoms with van der Waals surface area (Å²) < 4.78 is 6.36. The number of morpholine rings is 1. The van der Waals surface area contributed by atoms with Gasteiger partial charge in [0.05, 0.1) is 11.7 Å². The Kier molecular flexibility index (Phi) is 3.84. The van der Waals surface area contributed by atoms with E-state index in [-0.39, 0.29) is 5.60 Å². The molecule has 1 aliphatic carbocycles. The minimum absolute atomic E-state index is 0.167. The monoisotopic (exact) mass is 239 g/mol.